The molecule has 0 bridgehead atoms. The number of para-hydroxylation sites is 1. The third-order valence-electron chi connectivity index (χ3n) is 6.82. The van der Waals surface area contributed by atoms with E-state index in [1.807, 2.05) is 30.0 Å². The van der Waals surface area contributed by atoms with Crippen molar-refractivity contribution in [1.82, 2.24) is 8.87 Å². The highest BCUT2D eigenvalue weighted by Gasteiger charge is 2.32. The van der Waals surface area contributed by atoms with Crippen molar-refractivity contribution in [2.45, 2.75) is 44.0 Å². The Labute approximate surface area is 192 Å². The SMILES string of the molecule is CCn1c(=O)oc2cc(S(=O)(=O)N3CCC(CC(=O)N4CCc5ccccc54)CC3)ccc21. The number of piperidine rings is 1. The van der Waals surface area contributed by atoms with Crippen LogP contribution in [-0.2, 0) is 27.8 Å². The van der Waals surface area contributed by atoms with Gasteiger partial charge < -0.3 is 9.32 Å². The lowest BCUT2D eigenvalue weighted by atomic mass is 9.94. The Balaban J connectivity index is 1.25. The van der Waals surface area contributed by atoms with Crippen LogP contribution in [0.1, 0.15) is 31.7 Å². The Kier molecular flexibility index (Phi) is 5.62. The van der Waals surface area contributed by atoms with Crippen molar-refractivity contribution in [3.63, 3.8) is 0 Å². The summed E-state index contributed by atoms with van der Waals surface area (Å²) in [6.07, 6.45) is 2.60. The summed E-state index contributed by atoms with van der Waals surface area (Å²) in [5, 5.41) is 0. The first-order valence-corrected chi connectivity index (χ1v) is 12.8. The zero-order valence-corrected chi connectivity index (χ0v) is 19.4. The van der Waals surface area contributed by atoms with Crippen LogP contribution in [0.2, 0.25) is 0 Å². The van der Waals surface area contributed by atoms with Crippen LogP contribution in [0, 0.1) is 5.92 Å². The molecule has 0 N–H and O–H groups in total. The molecular weight excluding hydrogens is 442 g/mol. The summed E-state index contributed by atoms with van der Waals surface area (Å²) in [6.45, 7) is 3.74. The molecule has 2 aromatic carbocycles. The summed E-state index contributed by atoms with van der Waals surface area (Å²) in [4.78, 5) is 26.8. The fourth-order valence-corrected chi connectivity index (χ4v) is 6.45. The maximum Gasteiger partial charge on any atom is 0.419 e. The molecule has 0 radical (unpaired) electrons. The number of hydrogen-bond donors (Lipinski definition) is 0. The van der Waals surface area contributed by atoms with E-state index in [2.05, 4.69) is 6.07 Å². The number of sulfonamides is 1. The maximum atomic E-state index is 13.2. The van der Waals surface area contributed by atoms with E-state index in [1.165, 1.54) is 26.6 Å². The number of rotatable bonds is 5. The lowest BCUT2D eigenvalue weighted by Crippen LogP contribution is -2.40. The van der Waals surface area contributed by atoms with Gasteiger partial charge in [0.15, 0.2) is 5.58 Å². The zero-order valence-electron chi connectivity index (χ0n) is 18.6. The van der Waals surface area contributed by atoms with Crippen molar-refractivity contribution >= 4 is 32.7 Å². The van der Waals surface area contributed by atoms with Gasteiger partial charge in [-0.05, 0) is 55.9 Å². The second-order valence-electron chi connectivity index (χ2n) is 8.72. The van der Waals surface area contributed by atoms with Gasteiger partial charge in [0, 0.05) is 44.4 Å². The molecule has 1 amide bonds. The van der Waals surface area contributed by atoms with Gasteiger partial charge in [0.1, 0.15) is 0 Å². The van der Waals surface area contributed by atoms with E-state index in [0.29, 0.717) is 51.0 Å². The summed E-state index contributed by atoms with van der Waals surface area (Å²) in [6, 6.07) is 12.6. The average Bonchev–Trinajstić information content (AvgIpc) is 3.39. The number of aryl methyl sites for hydroxylation is 1. The third-order valence-corrected chi connectivity index (χ3v) is 8.71. The average molecular weight is 470 g/mol. The summed E-state index contributed by atoms with van der Waals surface area (Å²) < 4.78 is 34.5. The number of oxazole rings is 1. The molecule has 0 aliphatic carbocycles. The number of aromatic nitrogens is 1. The zero-order chi connectivity index (χ0) is 23.2. The van der Waals surface area contributed by atoms with Gasteiger partial charge in [0.2, 0.25) is 15.9 Å². The Hall–Kier alpha value is -2.91. The Bertz CT molecular complexity index is 1370. The second kappa shape index (κ2) is 8.46. The number of fused-ring (bicyclic) bond motifs is 2. The number of nitrogens with zero attached hydrogens (tertiary/aromatic N) is 3. The predicted octanol–water partition coefficient (Wildman–Crippen LogP) is 2.99. The quantitative estimate of drug-likeness (QED) is 0.573. The Morgan fingerprint density at radius 1 is 1.09 bits per heavy atom. The number of benzene rings is 2. The molecule has 2 aliphatic heterocycles. The van der Waals surface area contributed by atoms with Crippen molar-refractivity contribution in [2.24, 2.45) is 5.92 Å². The predicted molar refractivity (Wildman–Crippen MR) is 125 cm³/mol. The van der Waals surface area contributed by atoms with E-state index in [1.54, 1.807) is 6.07 Å². The second-order valence-corrected chi connectivity index (χ2v) is 10.7. The van der Waals surface area contributed by atoms with Crippen molar-refractivity contribution in [2.75, 3.05) is 24.5 Å². The van der Waals surface area contributed by atoms with Crippen LogP contribution in [-0.4, -0.2) is 42.8 Å². The number of anilines is 1. The highest BCUT2D eigenvalue weighted by Crippen LogP contribution is 2.31. The molecular formula is C24H27N3O5S. The van der Waals surface area contributed by atoms with Gasteiger partial charge in [0.25, 0.3) is 0 Å². The fraction of sp³-hybridized carbons (Fsp3) is 0.417. The molecule has 8 nitrogen and oxygen atoms in total. The molecule has 1 fully saturated rings. The molecule has 9 heteroatoms. The number of carbonyl (C=O) groups is 1. The number of carbonyl (C=O) groups excluding carboxylic acids is 1. The van der Waals surface area contributed by atoms with Gasteiger partial charge in [-0.3, -0.25) is 9.36 Å². The van der Waals surface area contributed by atoms with Gasteiger partial charge in [-0.25, -0.2) is 13.2 Å². The monoisotopic (exact) mass is 469 g/mol. The summed E-state index contributed by atoms with van der Waals surface area (Å²) in [7, 11) is -3.70. The number of hydrogen-bond acceptors (Lipinski definition) is 5. The molecule has 2 aliphatic rings. The van der Waals surface area contributed by atoms with Gasteiger partial charge in [-0.1, -0.05) is 18.2 Å². The molecule has 0 atom stereocenters. The Morgan fingerprint density at radius 2 is 1.85 bits per heavy atom. The first-order chi connectivity index (χ1) is 15.9. The minimum atomic E-state index is -3.70. The minimum absolute atomic E-state index is 0.113. The van der Waals surface area contributed by atoms with E-state index < -0.39 is 15.8 Å². The molecule has 33 heavy (non-hydrogen) atoms. The van der Waals surface area contributed by atoms with Gasteiger partial charge >= 0.3 is 5.76 Å². The van der Waals surface area contributed by atoms with Crippen molar-refractivity contribution < 1.29 is 17.6 Å². The van der Waals surface area contributed by atoms with Crippen LogP contribution in [0.5, 0.6) is 0 Å². The summed E-state index contributed by atoms with van der Waals surface area (Å²) in [5.41, 5.74) is 3.06. The molecule has 0 saturated carbocycles. The van der Waals surface area contributed by atoms with Crippen molar-refractivity contribution in [3.8, 4) is 0 Å². The van der Waals surface area contributed by atoms with Crippen LogP contribution in [0.25, 0.3) is 11.1 Å². The highest BCUT2D eigenvalue weighted by molar-refractivity contribution is 7.89. The molecule has 0 spiro atoms. The largest absolute Gasteiger partial charge is 0.419 e. The van der Waals surface area contributed by atoms with Crippen LogP contribution < -0.4 is 10.7 Å². The van der Waals surface area contributed by atoms with E-state index in [0.717, 1.165) is 12.1 Å². The maximum absolute atomic E-state index is 13.2. The van der Waals surface area contributed by atoms with Crippen LogP contribution in [0.4, 0.5) is 5.69 Å². The molecule has 5 rings (SSSR count). The van der Waals surface area contributed by atoms with Crippen molar-refractivity contribution in [1.29, 1.82) is 0 Å². The smallest absolute Gasteiger partial charge is 0.408 e. The van der Waals surface area contributed by atoms with Crippen LogP contribution in [0.15, 0.2) is 56.6 Å². The van der Waals surface area contributed by atoms with E-state index in [-0.39, 0.29) is 22.3 Å². The van der Waals surface area contributed by atoms with Crippen LogP contribution >= 0.6 is 0 Å². The molecule has 174 valence electrons. The first kappa shape index (κ1) is 21.9. The summed E-state index contributed by atoms with van der Waals surface area (Å²) >= 11 is 0. The minimum Gasteiger partial charge on any atom is -0.408 e. The van der Waals surface area contributed by atoms with Gasteiger partial charge in [0.05, 0.1) is 10.4 Å². The summed E-state index contributed by atoms with van der Waals surface area (Å²) in [5.74, 6) is -0.217. The molecule has 3 heterocycles. The van der Waals surface area contributed by atoms with Crippen LogP contribution in [0.3, 0.4) is 0 Å². The lowest BCUT2D eigenvalue weighted by molar-refractivity contribution is -0.119. The fourth-order valence-electron chi connectivity index (χ4n) is 4.96. The Morgan fingerprint density at radius 3 is 2.61 bits per heavy atom. The molecule has 0 unspecified atom stereocenters. The first-order valence-electron chi connectivity index (χ1n) is 11.4. The molecule has 3 aromatic rings. The van der Waals surface area contributed by atoms with E-state index in [9.17, 15) is 18.0 Å². The normalized spacial score (nSPS) is 17.5. The standard InChI is InChI=1S/C24H27N3O5S/c1-2-26-21-8-7-19(16-22(21)32-24(26)29)33(30,31)25-12-9-17(10-13-25)15-23(28)27-14-11-18-5-3-4-6-20(18)27/h3-8,16-17H,2,9-15H2,1H3. The van der Waals surface area contributed by atoms with E-state index >= 15 is 0 Å². The highest BCUT2D eigenvalue weighted by atomic mass is 32.2. The molecule has 1 aromatic heterocycles. The molecule has 1 saturated heterocycles. The van der Waals surface area contributed by atoms with E-state index in [4.69, 9.17) is 4.42 Å². The number of amides is 1. The van der Waals surface area contributed by atoms with Gasteiger partial charge in [-0.15, -0.1) is 0 Å². The third kappa shape index (κ3) is 3.89. The van der Waals surface area contributed by atoms with Crippen molar-refractivity contribution in [3.05, 3.63) is 58.6 Å². The topological polar surface area (TPSA) is 92.8 Å². The lowest BCUT2D eigenvalue weighted by Gasteiger charge is -2.31. The van der Waals surface area contributed by atoms with Gasteiger partial charge in [-0.2, -0.15) is 4.31 Å².